The Hall–Kier alpha value is -1.58. The molecule has 1 aliphatic heterocycles. The molecule has 6 nitrogen and oxygen atoms in total. The highest BCUT2D eigenvalue weighted by atomic mass is 35.5. The highest BCUT2D eigenvalue weighted by Crippen LogP contribution is 2.32. The summed E-state index contributed by atoms with van der Waals surface area (Å²) in [5, 5.41) is 3.80. The third kappa shape index (κ3) is 4.34. The molecule has 0 amide bonds. The van der Waals surface area contributed by atoms with Gasteiger partial charge in [-0.25, -0.2) is 22.3 Å². The van der Waals surface area contributed by atoms with Gasteiger partial charge in [-0.15, -0.1) is 0 Å². The van der Waals surface area contributed by atoms with E-state index in [1.165, 1.54) is 11.6 Å². The summed E-state index contributed by atoms with van der Waals surface area (Å²) in [6.07, 6.45) is 0. The van der Waals surface area contributed by atoms with Gasteiger partial charge in [-0.3, -0.25) is 0 Å². The quantitative estimate of drug-likeness (QED) is 0.701. The summed E-state index contributed by atoms with van der Waals surface area (Å²) in [7, 11) is -5.29. The molecule has 132 valence electrons. The van der Waals surface area contributed by atoms with Crippen molar-refractivity contribution < 1.29 is 12.6 Å². The van der Waals surface area contributed by atoms with Crippen LogP contribution in [0.25, 0.3) is 0 Å². The van der Waals surface area contributed by atoms with Gasteiger partial charge < -0.3 is 5.32 Å². The van der Waals surface area contributed by atoms with Crippen LogP contribution in [0.5, 0.6) is 0 Å². The summed E-state index contributed by atoms with van der Waals surface area (Å²) >= 11 is 5.92. The number of nitrogens with one attached hydrogen (secondary N) is 2. The Kier molecular flexibility index (Phi) is 5.65. The highest BCUT2D eigenvalue weighted by Gasteiger charge is 2.26. The predicted octanol–water partition coefficient (Wildman–Crippen LogP) is 2.19. The molecule has 0 spiro atoms. The third-order valence-electron chi connectivity index (χ3n) is 3.55. The Morgan fingerprint density at radius 1 is 1.12 bits per heavy atom. The number of rotatable bonds is 7. The second kappa shape index (κ2) is 7.76. The maximum Gasteiger partial charge on any atom is 0.241 e. The second-order valence-electron chi connectivity index (χ2n) is 5.34. The van der Waals surface area contributed by atoms with Crippen molar-refractivity contribution in [1.82, 2.24) is 10.0 Å². The van der Waals surface area contributed by atoms with E-state index in [4.69, 9.17) is 11.6 Å². The lowest BCUT2D eigenvalue weighted by Gasteiger charge is -2.10. The first-order valence-electron chi connectivity index (χ1n) is 7.50. The number of aliphatic imine (C=N–C) groups is 1. The molecule has 1 unspecified atom stereocenters. The first-order valence-corrected chi connectivity index (χ1v) is 10.6. The molecule has 9 heteroatoms. The minimum absolute atomic E-state index is 0.00988. The van der Waals surface area contributed by atoms with Gasteiger partial charge in [0.2, 0.25) is 10.0 Å². The van der Waals surface area contributed by atoms with Crippen molar-refractivity contribution >= 4 is 43.7 Å². The van der Waals surface area contributed by atoms with E-state index in [9.17, 15) is 12.6 Å². The van der Waals surface area contributed by atoms with Crippen molar-refractivity contribution in [2.75, 3.05) is 13.1 Å². The number of halogens is 1. The van der Waals surface area contributed by atoms with Crippen LogP contribution in [0.15, 0.2) is 57.2 Å². The van der Waals surface area contributed by atoms with Gasteiger partial charge in [-0.05, 0) is 29.8 Å². The van der Waals surface area contributed by atoms with Crippen LogP contribution >= 0.6 is 11.6 Å². The standard InChI is InChI=1S/C16H16ClN3O3S2/c17-13-4-1-3-12(9-13)10-18-7-8-20-25(22,23)15-6-2-5-14-16(15)24(21)11-19-14/h1-6,9,11,18,20H,7-8,10H2. The van der Waals surface area contributed by atoms with Crippen LogP contribution in [0.2, 0.25) is 5.02 Å². The van der Waals surface area contributed by atoms with E-state index in [1.54, 1.807) is 18.2 Å². The van der Waals surface area contributed by atoms with E-state index in [1.807, 2.05) is 18.2 Å². The zero-order valence-electron chi connectivity index (χ0n) is 13.1. The first kappa shape index (κ1) is 18.2. The molecule has 0 saturated heterocycles. The molecule has 0 saturated carbocycles. The average molecular weight is 398 g/mol. The van der Waals surface area contributed by atoms with Crippen molar-refractivity contribution in [2.24, 2.45) is 4.99 Å². The van der Waals surface area contributed by atoms with Crippen LogP contribution in [0, 0.1) is 0 Å². The Labute approximate surface area is 153 Å². The summed E-state index contributed by atoms with van der Waals surface area (Å²) in [6.45, 7) is 1.24. The smallest absolute Gasteiger partial charge is 0.241 e. The van der Waals surface area contributed by atoms with E-state index in [-0.39, 0.29) is 16.3 Å². The zero-order valence-corrected chi connectivity index (χ0v) is 15.5. The van der Waals surface area contributed by atoms with Gasteiger partial charge in [0, 0.05) is 24.7 Å². The largest absolute Gasteiger partial charge is 0.311 e. The molecule has 25 heavy (non-hydrogen) atoms. The summed E-state index contributed by atoms with van der Waals surface area (Å²) in [5.41, 5.74) is 2.69. The lowest BCUT2D eigenvalue weighted by molar-refractivity contribution is 0.573. The van der Waals surface area contributed by atoms with Crippen LogP contribution < -0.4 is 10.0 Å². The summed E-state index contributed by atoms with van der Waals surface area (Å²) in [6, 6.07) is 12.1. The normalized spacial score (nSPS) is 16.1. The number of benzene rings is 2. The van der Waals surface area contributed by atoms with E-state index in [0.717, 1.165) is 5.56 Å². The van der Waals surface area contributed by atoms with Crippen LogP contribution in [-0.2, 0) is 27.4 Å². The lowest BCUT2D eigenvalue weighted by atomic mass is 10.2. The van der Waals surface area contributed by atoms with Gasteiger partial charge in [0.05, 0.1) is 26.9 Å². The van der Waals surface area contributed by atoms with E-state index < -0.39 is 20.8 Å². The molecular formula is C16H16ClN3O3S2. The molecule has 2 N–H and O–H groups in total. The lowest BCUT2D eigenvalue weighted by Crippen LogP contribution is -2.32. The maximum atomic E-state index is 12.5. The molecular weight excluding hydrogens is 382 g/mol. The molecule has 0 bridgehead atoms. The Morgan fingerprint density at radius 3 is 2.72 bits per heavy atom. The summed E-state index contributed by atoms with van der Waals surface area (Å²) < 4.78 is 39.4. The number of hydrogen-bond acceptors (Lipinski definition) is 5. The number of nitrogens with zero attached hydrogens (tertiary/aromatic N) is 1. The van der Waals surface area contributed by atoms with Crippen LogP contribution in [0.4, 0.5) is 5.69 Å². The van der Waals surface area contributed by atoms with Gasteiger partial charge in [0.25, 0.3) is 0 Å². The van der Waals surface area contributed by atoms with Crippen molar-refractivity contribution in [3.8, 4) is 0 Å². The molecule has 1 aliphatic rings. The minimum Gasteiger partial charge on any atom is -0.311 e. The summed E-state index contributed by atoms with van der Waals surface area (Å²) in [5.74, 6) is 0. The topological polar surface area (TPSA) is 87.6 Å². The second-order valence-corrected chi connectivity index (χ2v) is 8.73. The zero-order chi connectivity index (χ0) is 17.9. The first-order chi connectivity index (χ1) is 12.0. The van der Waals surface area contributed by atoms with Gasteiger partial charge in [0.1, 0.15) is 4.90 Å². The Bertz CT molecular complexity index is 945. The van der Waals surface area contributed by atoms with Gasteiger partial charge in [0.15, 0.2) is 0 Å². The third-order valence-corrected chi connectivity index (χ3v) is 6.54. The van der Waals surface area contributed by atoms with Gasteiger partial charge >= 0.3 is 0 Å². The Balaban J connectivity index is 1.57. The highest BCUT2D eigenvalue weighted by molar-refractivity contribution is 7.99. The van der Waals surface area contributed by atoms with Crippen LogP contribution in [0.1, 0.15) is 5.56 Å². The van der Waals surface area contributed by atoms with E-state index >= 15 is 0 Å². The number of hydrogen-bond donors (Lipinski definition) is 2. The average Bonchev–Trinajstić information content (AvgIpc) is 2.96. The monoisotopic (exact) mass is 397 g/mol. The van der Waals surface area contributed by atoms with Gasteiger partial charge in [-0.2, -0.15) is 0 Å². The molecule has 0 radical (unpaired) electrons. The molecule has 0 fully saturated rings. The molecule has 2 aromatic carbocycles. The fourth-order valence-electron chi connectivity index (χ4n) is 2.41. The maximum absolute atomic E-state index is 12.5. The number of sulfonamides is 1. The molecule has 0 aliphatic carbocycles. The Morgan fingerprint density at radius 2 is 1.92 bits per heavy atom. The molecule has 3 rings (SSSR count). The molecule has 1 heterocycles. The van der Waals surface area contributed by atoms with Crippen LogP contribution in [-0.4, -0.2) is 31.3 Å². The predicted molar refractivity (Wildman–Crippen MR) is 99.3 cm³/mol. The fourth-order valence-corrected chi connectivity index (χ4v) is 5.24. The van der Waals surface area contributed by atoms with Crippen molar-refractivity contribution in [2.45, 2.75) is 16.3 Å². The van der Waals surface area contributed by atoms with Crippen LogP contribution in [0.3, 0.4) is 0 Å². The van der Waals surface area contributed by atoms with Crippen molar-refractivity contribution in [1.29, 1.82) is 0 Å². The summed E-state index contributed by atoms with van der Waals surface area (Å²) in [4.78, 5) is 4.21. The number of fused-ring (bicyclic) bond motifs is 1. The SMILES string of the molecule is O=S1C=Nc2cccc(S(=O)(=O)NCCNCc3cccc(Cl)c3)c21. The van der Waals surface area contributed by atoms with E-state index in [2.05, 4.69) is 15.0 Å². The minimum atomic E-state index is -3.75. The fraction of sp³-hybridized carbons (Fsp3) is 0.188. The van der Waals surface area contributed by atoms with E-state index in [0.29, 0.717) is 23.8 Å². The molecule has 1 atom stereocenters. The van der Waals surface area contributed by atoms with Crippen molar-refractivity contribution in [3.63, 3.8) is 0 Å². The molecule has 2 aromatic rings. The van der Waals surface area contributed by atoms with Crippen molar-refractivity contribution in [3.05, 3.63) is 53.1 Å². The molecule has 0 aromatic heterocycles. The van der Waals surface area contributed by atoms with Gasteiger partial charge in [-0.1, -0.05) is 29.8 Å².